The number of H-pyrrole nitrogens is 1. The number of allylic oxidation sites excluding steroid dienone is 1. The van der Waals surface area contributed by atoms with Gasteiger partial charge in [-0.3, -0.25) is 0 Å². The Bertz CT molecular complexity index is 887. The normalized spacial score (nSPS) is 11.3. The molecular formula is C20H22N2O2S. The Labute approximate surface area is 152 Å². The molecule has 0 aliphatic heterocycles. The monoisotopic (exact) mass is 354 g/mol. The quantitative estimate of drug-likeness (QED) is 0.474. The number of methoxy groups -OCH3 is 1. The van der Waals surface area contributed by atoms with E-state index in [1.807, 2.05) is 43.3 Å². The van der Waals surface area contributed by atoms with Gasteiger partial charge in [0.2, 0.25) is 0 Å². The van der Waals surface area contributed by atoms with Gasteiger partial charge in [0, 0.05) is 5.75 Å². The second kappa shape index (κ2) is 8.12. The summed E-state index contributed by atoms with van der Waals surface area (Å²) in [5.74, 6) is 2.31. The number of hydrogen-bond acceptors (Lipinski definition) is 4. The van der Waals surface area contributed by atoms with Crippen LogP contribution >= 0.6 is 11.8 Å². The molecule has 130 valence electrons. The van der Waals surface area contributed by atoms with Gasteiger partial charge in [-0.05, 0) is 49.2 Å². The zero-order valence-electron chi connectivity index (χ0n) is 14.7. The number of imidazole rings is 1. The number of aromatic amines is 1. The first-order chi connectivity index (χ1) is 12.2. The number of thioether (sulfide) groups is 1. The first-order valence-corrected chi connectivity index (χ1v) is 9.21. The summed E-state index contributed by atoms with van der Waals surface area (Å²) in [6.45, 7) is 4.66. The molecule has 2 aromatic carbocycles. The maximum Gasteiger partial charge on any atom is 0.166 e. The van der Waals surface area contributed by atoms with Gasteiger partial charge in [0.15, 0.2) is 16.7 Å². The van der Waals surface area contributed by atoms with E-state index in [-0.39, 0.29) is 0 Å². The van der Waals surface area contributed by atoms with Crippen LogP contribution in [-0.2, 0) is 0 Å². The fourth-order valence-electron chi connectivity index (χ4n) is 2.56. The van der Waals surface area contributed by atoms with E-state index in [4.69, 9.17) is 9.47 Å². The Balaban J connectivity index is 1.57. The van der Waals surface area contributed by atoms with E-state index in [2.05, 4.69) is 29.0 Å². The molecule has 3 aromatic rings. The molecule has 3 rings (SSSR count). The van der Waals surface area contributed by atoms with Crippen molar-refractivity contribution >= 4 is 28.9 Å². The van der Waals surface area contributed by atoms with Crippen molar-refractivity contribution in [1.29, 1.82) is 0 Å². The maximum atomic E-state index is 5.86. The lowest BCUT2D eigenvalue weighted by Gasteiger charge is -2.11. The van der Waals surface area contributed by atoms with Crippen LogP contribution in [0.25, 0.3) is 17.1 Å². The van der Waals surface area contributed by atoms with Crippen LogP contribution in [0.3, 0.4) is 0 Å². The van der Waals surface area contributed by atoms with Crippen LogP contribution in [0.1, 0.15) is 18.1 Å². The second-order valence-electron chi connectivity index (χ2n) is 5.67. The Morgan fingerprint density at radius 1 is 1.16 bits per heavy atom. The van der Waals surface area contributed by atoms with Crippen LogP contribution in [0.2, 0.25) is 0 Å². The van der Waals surface area contributed by atoms with Gasteiger partial charge in [0.1, 0.15) is 0 Å². The fraction of sp³-hybridized carbons (Fsp3) is 0.250. The predicted octanol–water partition coefficient (Wildman–Crippen LogP) is 5.08. The van der Waals surface area contributed by atoms with Crippen LogP contribution in [0.5, 0.6) is 11.5 Å². The Kier molecular flexibility index (Phi) is 5.66. The third kappa shape index (κ3) is 4.37. The number of nitrogens with zero attached hydrogens (tertiary/aromatic N) is 1. The van der Waals surface area contributed by atoms with E-state index in [0.29, 0.717) is 6.61 Å². The summed E-state index contributed by atoms with van der Waals surface area (Å²) in [5.41, 5.74) is 4.39. The van der Waals surface area contributed by atoms with Crippen LogP contribution in [0, 0.1) is 6.92 Å². The lowest BCUT2D eigenvalue weighted by molar-refractivity contribution is 0.313. The lowest BCUT2D eigenvalue weighted by Crippen LogP contribution is -2.02. The molecule has 1 N–H and O–H groups in total. The molecule has 0 saturated heterocycles. The van der Waals surface area contributed by atoms with Crippen molar-refractivity contribution in [3.63, 3.8) is 0 Å². The zero-order valence-corrected chi connectivity index (χ0v) is 15.5. The van der Waals surface area contributed by atoms with Crippen molar-refractivity contribution < 1.29 is 9.47 Å². The standard InChI is InChI=1S/C20H22N2O2S/c1-4-5-15-7-9-18(19(13-15)23-3)24-10-11-25-20-21-16-8-6-14(2)12-17(16)22-20/h4-9,12-13H,10-11H2,1-3H3,(H,21,22)/b5-4+. The lowest BCUT2D eigenvalue weighted by atomic mass is 10.2. The zero-order chi connectivity index (χ0) is 17.6. The largest absolute Gasteiger partial charge is 0.493 e. The summed E-state index contributed by atoms with van der Waals surface area (Å²) in [7, 11) is 1.66. The van der Waals surface area contributed by atoms with Crippen molar-refractivity contribution in [1.82, 2.24) is 9.97 Å². The summed E-state index contributed by atoms with van der Waals surface area (Å²) in [6, 6.07) is 12.2. The summed E-state index contributed by atoms with van der Waals surface area (Å²) in [5, 5.41) is 0.916. The second-order valence-corrected chi connectivity index (χ2v) is 6.75. The highest BCUT2D eigenvalue weighted by molar-refractivity contribution is 7.99. The van der Waals surface area contributed by atoms with Gasteiger partial charge in [-0.1, -0.05) is 36.0 Å². The van der Waals surface area contributed by atoms with Gasteiger partial charge in [-0.25, -0.2) is 4.98 Å². The molecule has 0 unspecified atom stereocenters. The molecule has 0 aliphatic rings. The molecule has 4 nitrogen and oxygen atoms in total. The van der Waals surface area contributed by atoms with Crippen LogP contribution < -0.4 is 9.47 Å². The molecule has 0 spiro atoms. The summed E-state index contributed by atoms with van der Waals surface area (Å²) in [6.07, 6.45) is 4.03. The minimum atomic E-state index is 0.583. The third-order valence-corrected chi connectivity index (χ3v) is 4.58. The average Bonchev–Trinajstić information content (AvgIpc) is 3.01. The van der Waals surface area contributed by atoms with Gasteiger partial charge in [-0.2, -0.15) is 0 Å². The molecular weight excluding hydrogens is 332 g/mol. The van der Waals surface area contributed by atoms with E-state index in [9.17, 15) is 0 Å². The average molecular weight is 354 g/mol. The van der Waals surface area contributed by atoms with Crippen LogP contribution in [0.15, 0.2) is 47.6 Å². The minimum Gasteiger partial charge on any atom is -0.493 e. The summed E-state index contributed by atoms with van der Waals surface area (Å²) >= 11 is 1.65. The summed E-state index contributed by atoms with van der Waals surface area (Å²) < 4.78 is 11.3. The highest BCUT2D eigenvalue weighted by Gasteiger charge is 2.06. The number of hydrogen-bond donors (Lipinski definition) is 1. The van der Waals surface area contributed by atoms with Crippen LogP contribution in [-0.4, -0.2) is 29.4 Å². The van der Waals surface area contributed by atoms with Gasteiger partial charge in [-0.15, -0.1) is 0 Å². The van der Waals surface area contributed by atoms with Gasteiger partial charge < -0.3 is 14.5 Å². The van der Waals surface area contributed by atoms with Crippen molar-refractivity contribution in [3.05, 3.63) is 53.6 Å². The van der Waals surface area contributed by atoms with Gasteiger partial charge >= 0.3 is 0 Å². The first kappa shape index (κ1) is 17.4. The Hall–Kier alpha value is -2.40. The van der Waals surface area contributed by atoms with E-state index in [0.717, 1.165) is 39.0 Å². The molecule has 0 fully saturated rings. The molecule has 5 heteroatoms. The summed E-state index contributed by atoms with van der Waals surface area (Å²) in [4.78, 5) is 7.93. The molecule has 1 aromatic heterocycles. The van der Waals surface area contributed by atoms with Gasteiger partial charge in [0.05, 0.1) is 24.8 Å². The van der Waals surface area contributed by atoms with E-state index in [1.165, 1.54) is 5.56 Å². The van der Waals surface area contributed by atoms with Crippen molar-refractivity contribution in [2.24, 2.45) is 0 Å². The molecule has 0 bridgehead atoms. The van der Waals surface area contributed by atoms with Crippen molar-refractivity contribution in [2.45, 2.75) is 19.0 Å². The molecule has 0 saturated carbocycles. The topological polar surface area (TPSA) is 47.1 Å². The maximum absolute atomic E-state index is 5.86. The Morgan fingerprint density at radius 3 is 2.84 bits per heavy atom. The number of aryl methyl sites for hydroxylation is 1. The van der Waals surface area contributed by atoms with E-state index < -0.39 is 0 Å². The van der Waals surface area contributed by atoms with Crippen molar-refractivity contribution in [2.75, 3.05) is 19.5 Å². The molecule has 0 atom stereocenters. The Morgan fingerprint density at radius 2 is 2.04 bits per heavy atom. The fourth-order valence-corrected chi connectivity index (χ4v) is 3.26. The van der Waals surface area contributed by atoms with Gasteiger partial charge in [0.25, 0.3) is 0 Å². The van der Waals surface area contributed by atoms with E-state index >= 15 is 0 Å². The number of nitrogens with one attached hydrogen (secondary N) is 1. The third-order valence-electron chi connectivity index (χ3n) is 3.74. The highest BCUT2D eigenvalue weighted by Crippen LogP contribution is 2.29. The van der Waals surface area contributed by atoms with Crippen LogP contribution in [0.4, 0.5) is 0 Å². The number of rotatable bonds is 7. The minimum absolute atomic E-state index is 0.583. The first-order valence-electron chi connectivity index (χ1n) is 8.22. The number of aromatic nitrogens is 2. The number of ether oxygens (including phenoxy) is 2. The number of benzene rings is 2. The number of fused-ring (bicyclic) bond motifs is 1. The van der Waals surface area contributed by atoms with E-state index in [1.54, 1.807) is 18.9 Å². The molecule has 0 amide bonds. The molecule has 25 heavy (non-hydrogen) atoms. The van der Waals surface area contributed by atoms with Crippen molar-refractivity contribution in [3.8, 4) is 11.5 Å². The highest BCUT2D eigenvalue weighted by atomic mass is 32.2. The smallest absolute Gasteiger partial charge is 0.166 e. The molecule has 1 heterocycles. The SMILES string of the molecule is C/C=C/c1ccc(OCCSc2nc3ccc(C)cc3[nH]2)c(OC)c1. The molecule has 0 aliphatic carbocycles. The predicted molar refractivity (Wildman–Crippen MR) is 105 cm³/mol. The molecule has 0 radical (unpaired) electrons.